The van der Waals surface area contributed by atoms with Crippen LogP contribution in [0, 0.1) is 11.3 Å². The number of nitrogens with two attached hydrogens (primary N) is 1. The summed E-state index contributed by atoms with van der Waals surface area (Å²) in [5.74, 6) is -1.00. The minimum absolute atomic E-state index is 0.164. The lowest BCUT2D eigenvalue weighted by Gasteiger charge is -2.42. The van der Waals surface area contributed by atoms with Crippen LogP contribution in [0.4, 0.5) is 10.1 Å². The summed E-state index contributed by atoms with van der Waals surface area (Å²) in [4.78, 5) is 17.9. The number of carbonyl (C=O) groups is 1. The van der Waals surface area contributed by atoms with Crippen molar-refractivity contribution in [2.45, 2.75) is 62.9 Å². The average molecular weight is 481 g/mol. The number of amides is 1. The maximum atomic E-state index is 15.1. The molecule has 1 aliphatic rings. The highest BCUT2D eigenvalue weighted by Gasteiger charge is 2.38. The van der Waals surface area contributed by atoms with Crippen molar-refractivity contribution in [1.29, 1.82) is 5.26 Å². The molecule has 10 heteroatoms. The number of halogens is 1. The van der Waals surface area contributed by atoms with Gasteiger partial charge in [-0.15, -0.1) is 0 Å². The second kappa shape index (κ2) is 9.60. The molecule has 1 amide bonds. The van der Waals surface area contributed by atoms with Gasteiger partial charge in [0.05, 0.1) is 46.8 Å². The Hall–Kier alpha value is -3.55. The zero-order valence-corrected chi connectivity index (χ0v) is 19.7. The molecule has 3 aromatic heterocycles. The van der Waals surface area contributed by atoms with E-state index in [1.807, 2.05) is 12.1 Å². The molecular weight excluding hydrogens is 451 g/mol. The number of nitrogens with zero attached hydrogens (tertiary/aromatic N) is 5. The van der Waals surface area contributed by atoms with Gasteiger partial charge in [0.15, 0.2) is 0 Å². The minimum Gasteiger partial charge on any atom is -0.392 e. The topological polar surface area (TPSA) is 141 Å². The number of carbonyl (C=O) groups excluding carboxylic acids is 1. The van der Waals surface area contributed by atoms with Crippen LogP contribution in [0.3, 0.4) is 0 Å². The quantitative estimate of drug-likeness (QED) is 0.471. The second-order valence-electron chi connectivity index (χ2n) is 9.62. The van der Waals surface area contributed by atoms with Crippen LogP contribution < -0.4 is 10.6 Å². The molecule has 3 heterocycles. The summed E-state index contributed by atoms with van der Waals surface area (Å²) in [7, 11) is 0. The number of hydrogen-bond donors (Lipinski definition) is 3. The second-order valence-corrected chi connectivity index (χ2v) is 9.62. The molecule has 1 saturated carbocycles. The summed E-state index contributed by atoms with van der Waals surface area (Å²) in [6.07, 6.45) is 3.54. The first kappa shape index (κ1) is 24.6. The average Bonchev–Trinajstić information content (AvgIpc) is 3.25. The third kappa shape index (κ3) is 4.97. The SMILES string of the molecule is CC(C)(O)[C@H](F)CN(c1ccncc1C(N)=O)[C@@H]1CC[C@@H](O)[C@@H](c2ccc3cc(C#N)cnn23)C1. The summed E-state index contributed by atoms with van der Waals surface area (Å²) < 4.78 is 16.9. The molecule has 0 aromatic carbocycles. The number of pyridine rings is 1. The van der Waals surface area contributed by atoms with Gasteiger partial charge in [-0.05, 0) is 57.4 Å². The molecule has 9 nitrogen and oxygen atoms in total. The van der Waals surface area contributed by atoms with Gasteiger partial charge < -0.3 is 20.8 Å². The van der Waals surface area contributed by atoms with E-state index in [-0.39, 0.29) is 24.1 Å². The fourth-order valence-corrected chi connectivity index (χ4v) is 4.76. The summed E-state index contributed by atoms with van der Waals surface area (Å²) in [6, 6.07) is 8.88. The van der Waals surface area contributed by atoms with Gasteiger partial charge in [0.1, 0.15) is 12.2 Å². The Labute approximate surface area is 202 Å². The van der Waals surface area contributed by atoms with Crippen molar-refractivity contribution in [3.8, 4) is 6.07 Å². The van der Waals surface area contributed by atoms with Crippen molar-refractivity contribution in [3.63, 3.8) is 0 Å². The van der Waals surface area contributed by atoms with E-state index < -0.39 is 23.8 Å². The zero-order chi connectivity index (χ0) is 25.3. The van der Waals surface area contributed by atoms with E-state index in [0.717, 1.165) is 11.2 Å². The number of aliphatic hydroxyl groups is 2. The van der Waals surface area contributed by atoms with Crippen molar-refractivity contribution in [3.05, 3.63) is 59.7 Å². The Morgan fingerprint density at radius 1 is 1.37 bits per heavy atom. The van der Waals surface area contributed by atoms with Crippen molar-refractivity contribution >= 4 is 17.1 Å². The number of hydrogen-bond acceptors (Lipinski definition) is 7. The number of aliphatic hydroxyl groups excluding tert-OH is 1. The highest BCUT2D eigenvalue weighted by molar-refractivity contribution is 5.98. The van der Waals surface area contributed by atoms with Gasteiger partial charge in [0.25, 0.3) is 5.91 Å². The van der Waals surface area contributed by atoms with Crippen molar-refractivity contribution < 1.29 is 19.4 Å². The molecule has 35 heavy (non-hydrogen) atoms. The lowest BCUT2D eigenvalue weighted by atomic mass is 9.80. The van der Waals surface area contributed by atoms with Gasteiger partial charge >= 0.3 is 0 Å². The van der Waals surface area contributed by atoms with Crippen molar-refractivity contribution in [1.82, 2.24) is 14.6 Å². The van der Waals surface area contributed by atoms with E-state index >= 15 is 4.39 Å². The van der Waals surface area contributed by atoms with E-state index in [2.05, 4.69) is 16.2 Å². The Balaban J connectivity index is 1.72. The van der Waals surface area contributed by atoms with E-state index in [0.29, 0.717) is 30.5 Å². The van der Waals surface area contributed by atoms with Crippen LogP contribution in [0.15, 0.2) is 42.9 Å². The third-order valence-corrected chi connectivity index (χ3v) is 6.76. The molecule has 4 atom stereocenters. The van der Waals surface area contributed by atoms with Crippen molar-refractivity contribution in [2.24, 2.45) is 5.73 Å². The number of aromatic nitrogens is 3. The third-order valence-electron chi connectivity index (χ3n) is 6.76. The van der Waals surface area contributed by atoms with Gasteiger partial charge in [-0.2, -0.15) is 10.4 Å². The Bertz CT molecular complexity index is 1260. The summed E-state index contributed by atoms with van der Waals surface area (Å²) in [5, 5.41) is 34.7. The highest BCUT2D eigenvalue weighted by atomic mass is 19.1. The highest BCUT2D eigenvalue weighted by Crippen LogP contribution is 2.38. The smallest absolute Gasteiger partial charge is 0.252 e. The van der Waals surface area contributed by atoms with E-state index in [1.54, 1.807) is 21.5 Å². The molecular formula is C25H29FN6O3. The van der Waals surface area contributed by atoms with Crippen molar-refractivity contribution in [2.75, 3.05) is 11.4 Å². The van der Waals surface area contributed by atoms with Gasteiger partial charge in [-0.25, -0.2) is 8.91 Å². The van der Waals surface area contributed by atoms with Crippen LogP contribution in [-0.2, 0) is 0 Å². The summed E-state index contributed by atoms with van der Waals surface area (Å²) in [5.41, 5.74) is 6.56. The van der Waals surface area contributed by atoms with Crippen LogP contribution in [0.2, 0.25) is 0 Å². The number of nitriles is 1. The molecule has 4 N–H and O–H groups in total. The fraction of sp³-hybridized carbons (Fsp3) is 0.440. The predicted octanol–water partition coefficient (Wildman–Crippen LogP) is 2.31. The zero-order valence-electron chi connectivity index (χ0n) is 19.7. The first-order chi connectivity index (χ1) is 16.6. The monoisotopic (exact) mass is 480 g/mol. The molecule has 0 spiro atoms. The Morgan fingerprint density at radius 3 is 2.83 bits per heavy atom. The van der Waals surface area contributed by atoms with Crippen LogP contribution in [-0.4, -0.2) is 61.2 Å². The van der Waals surface area contributed by atoms with Gasteiger partial charge in [0.2, 0.25) is 0 Å². The van der Waals surface area contributed by atoms with Gasteiger partial charge in [-0.1, -0.05) is 0 Å². The maximum absolute atomic E-state index is 15.1. The molecule has 1 aliphatic carbocycles. The molecule has 0 aliphatic heterocycles. The first-order valence-corrected chi connectivity index (χ1v) is 11.5. The normalized spacial score (nSPS) is 21.4. The molecule has 184 valence electrons. The lowest BCUT2D eigenvalue weighted by Crippen LogP contribution is -2.49. The molecule has 0 saturated heterocycles. The van der Waals surface area contributed by atoms with E-state index in [9.17, 15) is 15.0 Å². The predicted molar refractivity (Wildman–Crippen MR) is 128 cm³/mol. The molecule has 1 fully saturated rings. The largest absolute Gasteiger partial charge is 0.392 e. The fourth-order valence-electron chi connectivity index (χ4n) is 4.76. The van der Waals surface area contributed by atoms with Gasteiger partial charge in [0, 0.05) is 30.0 Å². The lowest BCUT2D eigenvalue weighted by molar-refractivity contribution is -0.00118. The molecule has 4 rings (SSSR count). The Kier molecular flexibility index (Phi) is 6.74. The number of rotatable bonds is 7. The molecule has 0 bridgehead atoms. The maximum Gasteiger partial charge on any atom is 0.252 e. The number of primary amides is 1. The van der Waals surface area contributed by atoms with E-state index in [4.69, 9.17) is 11.0 Å². The summed E-state index contributed by atoms with van der Waals surface area (Å²) in [6.45, 7) is 2.64. The Morgan fingerprint density at radius 2 is 2.14 bits per heavy atom. The number of anilines is 1. The summed E-state index contributed by atoms with van der Waals surface area (Å²) >= 11 is 0. The van der Waals surface area contributed by atoms with Crippen LogP contribution >= 0.6 is 0 Å². The standard InChI is InChI=1S/C25H29FN6O3/c1-25(2,35)23(26)14-31(20-7-8-29-13-19(20)24(28)34)16-4-6-22(33)18(10-16)21-5-3-17-9-15(11-27)12-30-32(17)21/h3,5,7-9,12-13,16,18,22-23,33,35H,4,6,10,14H2,1-2H3,(H2,28,34)/t16-,18-,22-,23-/m1/s1. The molecule has 0 radical (unpaired) electrons. The van der Waals surface area contributed by atoms with E-state index in [1.165, 1.54) is 32.4 Å². The molecule has 0 unspecified atom stereocenters. The van der Waals surface area contributed by atoms with Crippen LogP contribution in [0.25, 0.3) is 5.52 Å². The first-order valence-electron chi connectivity index (χ1n) is 11.5. The van der Waals surface area contributed by atoms with Gasteiger partial charge in [-0.3, -0.25) is 9.78 Å². The molecule has 3 aromatic rings. The van der Waals surface area contributed by atoms with Crippen LogP contribution in [0.1, 0.15) is 60.6 Å². The number of alkyl halides is 1. The van der Waals surface area contributed by atoms with Crippen LogP contribution in [0.5, 0.6) is 0 Å². The number of fused-ring (bicyclic) bond motifs is 1. The minimum atomic E-state index is -1.61.